The molecule has 1 spiro atoms. The summed E-state index contributed by atoms with van der Waals surface area (Å²) in [7, 11) is 1.91. The van der Waals surface area contributed by atoms with E-state index in [4.69, 9.17) is 0 Å². The summed E-state index contributed by atoms with van der Waals surface area (Å²) in [5, 5.41) is 5.65. The van der Waals surface area contributed by atoms with Crippen LogP contribution >= 0.6 is 11.3 Å². The molecule has 0 amide bonds. The summed E-state index contributed by atoms with van der Waals surface area (Å²) >= 11 is 1.80. The molecule has 1 N–H and O–H groups in total. The van der Waals surface area contributed by atoms with Crippen LogP contribution in [-0.2, 0) is 6.54 Å². The summed E-state index contributed by atoms with van der Waals surface area (Å²) in [5.74, 6) is 1.08. The fourth-order valence-electron chi connectivity index (χ4n) is 3.74. The third-order valence-electron chi connectivity index (χ3n) is 4.86. The lowest BCUT2D eigenvalue weighted by molar-refractivity contribution is 0.203. The zero-order chi connectivity index (χ0) is 13.8. The number of nitrogens with one attached hydrogen (secondary N) is 1. The van der Waals surface area contributed by atoms with Gasteiger partial charge in [0.15, 0.2) is 5.96 Å². The second-order valence-electron chi connectivity index (χ2n) is 6.21. The molecule has 1 aliphatic heterocycles. The quantitative estimate of drug-likeness (QED) is 0.667. The molecule has 110 valence electrons. The van der Waals surface area contributed by atoms with E-state index in [1.807, 2.05) is 7.05 Å². The predicted octanol–water partition coefficient (Wildman–Crippen LogP) is 3.48. The molecule has 20 heavy (non-hydrogen) atoms. The van der Waals surface area contributed by atoms with E-state index >= 15 is 0 Å². The van der Waals surface area contributed by atoms with Gasteiger partial charge in [-0.15, -0.1) is 11.3 Å². The van der Waals surface area contributed by atoms with Gasteiger partial charge < -0.3 is 10.2 Å². The molecule has 2 heterocycles. The van der Waals surface area contributed by atoms with Crippen LogP contribution in [0.2, 0.25) is 0 Å². The number of hydrogen-bond acceptors (Lipinski definition) is 2. The first-order chi connectivity index (χ1) is 9.81. The topological polar surface area (TPSA) is 27.6 Å². The van der Waals surface area contributed by atoms with Crippen molar-refractivity contribution in [3.8, 4) is 0 Å². The van der Waals surface area contributed by atoms with Crippen molar-refractivity contribution < 1.29 is 0 Å². The van der Waals surface area contributed by atoms with Gasteiger partial charge in [0, 0.05) is 25.0 Å². The molecule has 1 aliphatic carbocycles. The molecular formula is C16H25N3S. The Morgan fingerprint density at radius 3 is 2.90 bits per heavy atom. The van der Waals surface area contributed by atoms with Crippen molar-refractivity contribution in [1.82, 2.24) is 10.2 Å². The zero-order valence-corrected chi connectivity index (χ0v) is 13.2. The van der Waals surface area contributed by atoms with Crippen LogP contribution in [0.5, 0.6) is 0 Å². The minimum Gasteiger partial charge on any atom is -0.351 e. The van der Waals surface area contributed by atoms with E-state index in [0.29, 0.717) is 5.41 Å². The van der Waals surface area contributed by atoms with Gasteiger partial charge in [-0.3, -0.25) is 4.99 Å². The molecule has 0 atom stereocenters. The summed E-state index contributed by atoms with van der Waals surface area (Å²) in [5.41, 5.74) is 0.596. The lowest BCUT2D eigenvalue weighted by atomic mass is 9.73. The van der Waals surface area contributed by atoms with Crippen molar-refractivity contribution in [2.45, 2.75) is 45.1 Å². The Kier molecular flexibility index (Phi) is 4.29. The monoisotopic (exact) mass is 291 g/mol. The Morgan fingerprint density at radius 2 is 2.20 bits per heavy atom. The highest BCUT2D eigenvalue weighted by Crippen LogP contribution is 2.43. The third-order valence-corrected chi connectivity index (χ3v) is 5.74. The van der Waals surface area contributed by atoms with Crippen LogP contribution in [0.1, 0.15) is 43.4 Å². The van der Waals surface area contributed by atoms with Gasteiger partial charge >= 0.3 is 0 Å². The van der Waals surface area contributed by atoms with E-state index in [9.17, 15) is 0 Å². The smallest absolute Gasteiger partial charge is 0.193 e. The van der Waals surface area contributed by atoms with E-state index in [1.54, 1.807) is 11.3 Å². The lowest BCUT2D eigenvalue weighted by Gasteiger charge is -2.33. The molecule has 2 aliphatic rings. The van der Waals surface area contributed by atoms with E-state index in [0.717, 1.165) is 12.5 Å². The van der Waals surface area contributed by atoms with Gasteiger partial charge in [-0.25, -0.2) is 0 Å². The van der Waals surface area contributed by atoms with Crippen molar-refractivity contribution in [2.24, 2.45) is 10.4 Å². The molecule has 1 aromatic heterocycles. The maximum Gasteiger partial charge on any atom is 0.193 e. The minimum atomic E-state index is 0.596. The van der Waals surface area contributed by atoms with Crippen LogP contribution in [-0.4, -0.2) is 31.0 Å². The van der Waals surface area contributed by atoms with Gasteiger partial charge in [0.25, 0.3) is 0 Å². The molecule has 0 bridgehead atoms. The SMILES string of the molecule is CN=C(NCc1cccs1)N1CCC2(CCCCC2)C1. The van der Waals surface area contributed by atoms with Gasteiger partial charge in [-0.1, -0.05) is 25.3 Å². The molecule has 1 saturated carbocycles. The molecule has 0 unspecified atom stereocenters. The van der Waals surface area contributed by atoms with E-state index in [1.165, 1.54) is 56.5 Å². The molecule has 0 radical (unpaired) electrons. The van der Waals surface area contributed by atoms with Crippen LogP contribution in [0.15, 0.2) is 22.5 Å². The van der Waals surface area contributed by atoms with Gasteiger partial charge in [-0.05, 0) is 36.1 Å². The van der Waals surface area contributed by atoms with E-state index in [2.05, 4.69) is 32.7 Å². The van der Waals surface area contributed by atoms with Crippen molar-refractivity contribution in [3.05, 3.63) is 22.4 Å². The standard InChI is InChI=1S/C16H25N3S/c1-17-15(18-12-14-6-5-11-20-14)19-10-9-16(13-19)7-3-2-4-8-16/h5-6,11H,2-4,7-10,12-13H2,1H3,(H,17,18). The van der Waals surface area contributed by atoms with Crippen molar-refractivity contribution in [2.75, 3.05) is 20.1 Å². The number of thiophene rings is 1. The number of hydrogen-bond donors (Lipinski definition) is 1. The molecular weight excluding hydrogens is 266 g/mol. The summed E-state index contributed by atoms with van der Waals surface area (Å²) in [6.07, 6.45) is 8.49. The lowest BCUT2D eigenvalue weighted by Crippen LogP contribution is -2.41. The Hall–Kier alpha value is -1.03. The van der Waals surface area contributed by atoms with Crippen molar-refractivity contribution in [3.63, 3.8) is 0 Å². The Balaban J connectivity index is 1.57. The highest BCUT2D eigenvalue weighted by atomic mass is 32.1. The maximum absolute atomic E-state index is 4.48. The fraction of sp³-hybridized carbons (Fsp3) is 0.688. The van der Waals surface area contributed by atoms with Gasteiger partial charge in [0.1, 0.15) is 0 Å². The van der Waals surface area contributed by atoms with Crippen LogP contribution in [0, 0.1) is 5.41 Å². The number of likely N-dealkylation sites (tertiary alicyclic amines) is 1. The molecule has 1 saturated heterocycles. The number of rotatable bonds is 2. The summed E-state index contributed by atoms with van der Waals surface area (Å²) in [6, 6.07) is 4.29. The molecule has 2 fully saturated rings. The van der Waals surface area contributed by atoms with Crippen molar-refractivity contribution in [1.29, 1.82) is 0 Å². The number of nitrogens with zero attached hydrogens (tertiary/aromatic N) is 2. The molecule has 1 aromatic rings. The average Bonchev–Trinajstić information content (AvgIpc) is 3.12. The van der Waals surface area contributed by atoms with Crippen LogP contribution in [0.3, 0.4) is 0 Å². The zero-order valence-electron chi connectivity index (χ0n) is 12.4. The Labute approximate surface area is 126 Å². The van der Waals surface area contributed by atoms with E-state index < -0.39 is 0 Å². The second-order valence-corrected chi connectivity index (χ2v) is 7.24. The van der Waals surface area contributed by atoms with Gasteiger partial charge in [0.05, 0.1) is 6.54 Å². The predicted molar refractivity (Wildman–Crippen MR) is 86.2 cm³/mol. The summed E-state index contributed by atoms with van der Waals surface area (Å²) in [6.45, 7) is 3.27. The largest absolute Gasteiger partial charge is 0.351 e. The summed E-state index contributed by atoms with van der Waals surface area (Å²) < 4.78 is 0. The highest BCUT2D eigenvalue weighted by Gasteiger charge is 2.39. The van der Waals surface area contributed by atoms with E-state index in [-0.39, 0.29) is 0 Å². The van der Waals surface area contributed by atoms with Crippen LogP contribution in [0.25, 0.3) is 0 Å². The molecule has 0 aromatic carbocycles. The first-order valence-corrected chi connectivity index (χ1v) is 8.67. The second kappa shape index (κ2) is 6.17. The number of aliphatic imine (C=N–C) groups is 1. The van der Waals surface area contributed by atoms with Gasteiger partial charge in [-0.2, -0.15) is 0 Å². The fourth-order valence-corrected chi connectivity index (χ4v) is 4.38. The molecule has 3 rings (SSSR count). The van der Waals surface area contributed by atoms with Gasteiger partial charge in [0.2, 0.25) is 0 Å². The minimum absolute atomic E-state index is 0.596. The third kappa shape index (κ3) is 3.00. The highest BCUT2D eigenvalue weighted by molar-refractivity contribution is 7.09. The first kappa shape index (κ1) is 13.9. The summed E-state index contributed by atoms with van der Waals surface area (Å²) in [4.78, 5) is 8.33. The first-order valence-electron chi connectivity index (χ1n) is 7.79. The number of guanidine groups is 1. The maximum atomic E-state index is 4.48. The average molecular weight is 291 g/mol. The van der Waals surface area contributed by atoms with Crippen LogP contribution in [0.4, 0.5) is 0 Å². The normalized spacial score (nSPS) is 22.4. The molecule has 3 nitrogen and oxygen atoms in total. The molecule has 4 heteroatoms. The van der Waals surface area contributed by atoms with Crippen LogP contribution < -0.4 is 5.32 Å². The Morgan fingerprint density at radius 1 is 1.35 bits per heavy atom. The van der Waals surface area contributed by atoms with Crippen molar-refractivity contribution >= 4 is 17.3 Å². The Bertz CT molecular complexity index is 446.